The lowest BCUT2D eigenvalue weighted by molar-refractivity contribution is 0.0941. The molecular formula is C22H20FN5O2. The van der Waals surface area contributed by atoms with Gasteiger partial charge in [0.05, 0.1) is 17.6 Å². The van der Waals surface area contributed by atoms with Gasteiger partial charge in [-0.1, -0.05) is 24.3 Å². The van der Waals surface area contributed by atoms with Gasteiger partial charge in [-0.2, -0.15) is 5.10 Å². The van der Waals surface area contributed by atoms with E-state index in [1.807, 2.05) is 35.8 Å². The molecule has 0 aliphatic carbocycles. The first-order valence-electron chi connectivity index (χ1n) is 9.57. The third kappa shape index (κ3) is 3.47. The first kappa shape index (κ1) is 19.5. The van der Waals surface area contributed by atoms with Gasteiger partial charge < -0.3 is 9.88 Å². The predicted molar refractivity (Wildman–Crippen MR) is 111 cm³/mol. The van der Waals surface area contributed by atoms with Crippen LogP contribution in [0.2, 0.25) is 0 Å². The van der Waals surface area contributed by atoms with Crippen LogP contribution >= 0.6 is 0 Å². The fourth-order valence-electron chi connectivity index (χ4n) is 3.43. The standard InChI is InChI=1S/C22H20FN5O2/c1-3-27-18-11-7-5-9-16(18)25-20(27)13-24-22(30)21-19(29)12-14(2)28(26-21)17-10-6-4-8-15(17)23/h4-12H,3,13H2,1-2H3,(H,24,30). The molecule has 4 aromatic rings. The highest BCUT2D eigenvalue weighted by Gasteiger charge is 2.18. The number of aryl methyl sites for hydroxylation is 2. The Morgan fingerprint density at radius 3 is 2.63 bits per heavy atom. The summed E-state index contributed by atoms with van der Waals surface area (Å²) < 4.78 is 17.4. The van der Waals surface area contributed by atoms with Crippen molar-refractivity contribution < 1.29 is 9.18 Å². The summed E-state index contributed by atoms with van der Waals surface area (Å²) in [6.07, 6.45) is 0. The Kier molecular flexibility index (Phi) is 5.14. The summed E-state index contributed by atoms with van der Waals surface area (Å²) in [6, 6.07) is 15.0. The van der Waals surface area contributed by atoms with Gasteiger partial charge in [0.25, 0.3) is 5.91 Å². The summed E-state index contributed by atoms with van der Waals surface area (Å²) in [7, 11) is 0. The Bertz CT molecular complexity index is 1310. The molecule has 0 unspecified atom stereocenters. The van der Waals surface area contributed by atoms with Gasteiger partial charge in [0.2, 0.25) is 5.43 Å². The van der Waals surface area contributed by atoms with Crippen molar-refractivity contribution in [3.63, 3.8) is 0 Å². The highest BCUT2D eigenvalue weighted by molar-refractivity contribution is 5.92. The summed E-state index contributed by atoms with van der Waals surface area (Å²) >= 11 is 0. The van der Waals surface area contributed by atoms with Crippen LogP contribution < -0.4 is 10.7 Å². The number of carbonyl (C=O) groups excluding carboxylic acids is 1. The summed E-state index contributed by atoms with van der Waals surface area (Å²) in [5, 5.41) is 6.84. The molecule has 1 amide bonds. The molecule has 0 saturated carbocycles. The summed E-state index contributed by atoms with van der Waals surface area (Å²) in [4.78, 5) is 29.6. The number of amides is 1. The molecule has 2 aromatic heterocycles. The van der Waals surface area contributed by atoms with Gasteiger partial charge in [-0.15, -0.1) is 0 Å². The Labute approximate surface area is 171 Å². The Balaban J connectivity index is 1.64. The fourth-order valence-corrected chi connectivity index (χ4v) is 3.43. The number of imidazole rings is 1. The highest BCUT2D eigenvalue weighted by atomic mass is 19.1. The van der Waals surface area contributed by atoms with Crippen molar-refractivity contribution in [3.8, 4) is 5.69 Å². The molecule has 30 heavy (non-hydrogen) atoms. The Hall–Kier alpha value is -3.81. The third-order valence-electron chi connectivity index (χ3n) is 4.86. The van der Waals surface area contributed by atoms with Crippen LogP contribution in [0.1, 0.15) is 28.9 Å². The maximum Gasteiger partial charge on any atom is 0.276 e. The second-order valence-corrected chi connectivity index (χ2v) is 6.81. The van der Waals surface area contributed by atoms with Crippen molar-refractivity contribution >= 4 is 16.9 Å². The zero-order chi connectivity index (χ0) is 21.3. The zero-order valence-corrected chi connectivity index (χ0v) is 16.6. The van der Waals surface area contributed by atoms with E-state index in [9.17, 15) is 14.0 Å². The van der Waals surface area contributed by atoms with Gasteiger partial charge in [-0.05, 0) is 38.1 Å². The number of hydrogen-bond donors (Lipinski definition) is 1. The van der Waals surface area contributed by atoms with Gasteiger partial charge in [0.15, 0.2) is 5.69 Å². The molecule has 8 heteroatoms. The second-order valence-electron chi connectivity index (χ2n) is 6.81. The van der Waals surface area contributed by atoms with Crippen LogP contribution in [-0.4, -0.2) is 25.2 Å². The monoisotopic (exact) mass is 405 g/mol. The average molecular weight is 405 g/mol. The van der Waals surface area contributed by atoms with E-state index in [4.69, 9.17) is 0 Å². The van der Waals surface area contributed by atoms with E-state index in [1.165, 1.54) is 22.9 Å². The lowest BCUT2D eigenvalue weighted by Gasteiger charge is -2.12. The van der Waals surface area contributed by atoms with E-state index < -0.39 is 17.2 Å². The molecule has 0 spiro atoms. The molecule has 152 valence electrons. The lowest BCUT2D eigenvalue weighted by atomic mass is 10.2. The molecule has 2 heterocycles. The van der Waals surface area contributed by atoms with Gasteiger partial charge >= 0.3 is 0 Å². The van der Waals surface area contributed by atoms with Crippen molar-refractivity contribution in [2.24, 2.45) is 0 Å². The highest BCUT2D eigenvalue weighted by Crippen LogP contribution is 2.16. The smallest absolute Gasteiger partial charge is 0.276 e. The number of halogens is 1. The van der Waals surface area contributed by atoms with Crippen LogP contribution in [-0.2, 0) is 13.1 Å². The maximum absolute atomic E-state index is 14.2. The topological polar surface area (TPSA) is 81.8 Å². The largest absolute Gasteiger partial charge is 0.343 e. The number of para-hydroxylation sites is 3. The Morgan fingerprint density at radius 1 is 1.13 bits per heavy atom. The zero-order valence-electron chi connectivity index (χ0n) is 16.6. The van der Waals surface area contributed by atoms with Gasteiger partial charge in [-0.25, -0.2) is 14.1 Å². The molecule has 0 bridgehead atoms. The second kappa shape index (κ2) is 7.90. The quantitative estimate of drug-likeness (QED) is 0.553. The van der Waals surface area contributed by atoms with E-state index in [0.717, 1.165) is 11.0 Å². The van der Waals surface area contributed by atoms with Crippen molar-refractivity contribution in [3.05, 3.63) is 87.9 Å². The summed E-state index contributed by atoms with van der Waals surface area (Å²) in [5.74, 6) is -0.465. The summed E-state index contributed by atoms with van der Waals surface area (Å²) in [6.45, 7) is 4.45. The first-order valence-corrected chi connectivity index (χ1v) is 9.57. The normalized spacial score (nSPS) is 11.0. The first-order chi connectivity index (χ1) is 14.5. The molecule has 7 nitrogen and oxygen atoms in total. The van der Waals surface area contributed by atoms with Crippen LogP contribution in [0.4, 0.5) is 4.39 Å². The minimum absolute atomic E-state index is 0.135. The maximum atomic E-state index is 14.2. The van der Waals surface area contributed by atoms with E-state index in [0.29, 0.717) is 18.1 Å². The minimum atomic E-state index is -0.639. The van der Waals surface area contributed by atoms with Gasteiger partial charge in [-0.3, -0.25) is 9.59 Å². The molecule has 0 aliphatic heterocycles. The van der Waals surface area contributed by atoms with Crippen LogP contribution in [0.15, 0.2) is 59.4 Å². The number of rotatable bonds is 5. The number of fused-ring (bicyclic) bond motifs is 1. The number of carbonyl (C=O) groups is 1. The number of benzene rings is 2. The molecule has 2 aromatic carbocycles. The molecule has 0 atom stereocenters. The fraction of sp³-hybridized carbons (Fsp3) is 0.182. The van der Waals surface area contributed by atoms with Crippen molar-refractivity contribution in [2.75, 3.05) is 0 Å². The SMILES string of the molecule is CCn1c(CNC(=O)c2nn(-c3ccccc3F)c(C)cc2=O)nc2ccccc21. The molecule has 4 rings (SSSR count). The molecule has 0 saturated heterocycles. The minimum Gasteiger partial charge on any atom is -0.343 e. The van der Waals surface area contributed by atoms with E-state index in [1.54, 1.807) is 19.1 Å². The molecule has 0 radical (unpaired) electrons. The van der Waals surface area contributed by atoms with E-state index in [-0.39, 0.29) is 17.9 Å². The van der Waals surface area contributed by atoms with Crippen molar-refractivity contribution in [2.45, 2.75) is 26.9 Å². The molecular weight excluding hydrogens is 385 g/mol. The van der Waals surface area contributed by atoms with Gasteiger partial charge in [0, 0.05) is 18.3 Å². The third-order valence-corrected chi connectivity index (χ3v) is 4.86. The molecule has 1 N–H and O–H groups in total. The summed E-state index contributed by atoms with van der Waals surface area (Å²) in [5.41, 5.74) is 1.56. The number of nitrogens with one attached hydrogen (secondary N) is 1. The van der Waals surface area contributed by atoms with Crippen molar-refractivity contribution in [1.82, 2.24) is 24.6 Å². The van der Waals surface area contributed by atoms with Crippen LogP contribution in [0, 0.1) is 12.7 Å². The predicted octanol–water partition coefficient (Wildman–Crippen LogP) is 2.98. The van der Waals surface area contributed by atoms with Crippen LogP contribution in [0.3, 0.4) is 0 Å². The van der Waals surface area contributed by atoms with E-state index in [2.05, 4.69) is 15.4 Å². The van der Waals surface area contributed by atoms with Gasteiger partial charge in [0.1, 0.15) is 17.3 Å². The lowest BCUT2D eigenvalue weighted by Crippen LogP contribution is -2.32. The van der Waals surface area contributed by atoms with Crippen molar-refractivity contribution in [1.29, 1.82) is 0 Å². The average Bonchev–Trinajstić information content (AvgIpc) is 3.10. The molecule has 0 fully saturated rings. The number of nitrogens with zero attached hydrogens (tertiary/aromatic N) is 4. The number of aromatic nitrogens is 4. The van der Waals surface area contributed by atoms with E-state index >= 15 is 0 Å². The number of hydrogen-bond acceptors (Lipinski definition) is 4. The Morgan fingerprint density at radius 2 is 1.87 bits per heavy atom. The van der Waals surface area contributed by atoms with Crippen LogP contribution in [0.5, 0.6) is 0 Å². The van der Waals surface area contributed by atoms with Crippen LogP contribution in [0.25, 0.3) is 16.7 Å². The molecule has 0 aliphatic rings.